The SMILES string of the molecule is CN(C)C(=O)Sc1ccc(CNc2c(Cl)ccc3c2CCNCC3)cc1.O=C(O)CCC(=O)O. The number of nitrogens with zero attached hydrogens (tertiary/aromatic N) is 1. The highest BCUT2D eigenvalue weighted by molar-refractivity contribution is 8.13. The molecule has 0 unspecified atom stereocenters. The number of carboxylic acid groups (broad SMARTS) is 2. The number of hydrogen-bond donors (Lipinski definition) is 4. The number of carbonyl (C=O) groups is 3. The van der Waals surface area contributed by atoms with E-state index in [9.17, 15) is 14.4 Å². The zero-order chi connectivity index (χ0) is 25.1. The lowest BCUT2D eigenvalue weighted by Gasteiger charge is -2.16. The van der Waals surface area contributed by atoms with Gasteiger partial charge < -0.3 is 25.7 Å². The number of hydrogen-bond acceptors (Lipinski definition) is 6. The van der Waals surface area contributed by atoms with E-state index in [2.05, 4.69) is 28.8 Å². The highest BCUT2D eigenvalue weighted by Crippen LogP contribution is 2.31. The summed E-state index contributed by atoms with van der Waals surface area (Å²) in [6.45, 7) is 2.70. The van der Waals surface area contributed by atoms with Gasteiger partial charge in [0, 0.05) is 25.5 Å². The van der Waals surface area contributed by atoms with Crippen LogP contribution in [-0.4, -0.2) is 59.5 Å². The summed E-state index contributed by atoms with van der Waals surface area (Å²) in [6, 6.07) is 12.2. The van der Waals surface area contributed by atoms with Crippen molar-refractivity contribution < 1.29 is 24.6 Å². The van der Waals surface area contributed by atoms with Gasteiger partial charge in [-0.05, 0) is 72.6 Å². The smallest absolute Gasteiger partial charge is 0.303 e. The monoisotopic (exact) mass is 507 g/mol. The summed E-state index contributed by atoms with van der Waals surface area (Å²) < 4.78 is 0. The minimum absolute atomic E-state index is 0.0308. The molecule has 1 aliphatic heterocycles. The first-order valence-electron chi connectivity index (χ1n) is 10.8. The molecule has 0 aliphatic carbocycles. The average molecular weight is 508 g/mol. The van der Waals surface area contributed by atoms with Crippen molar-refractivity contribution >= 4 is 46.2 Å². The zero-order valence-corrected chi connectivity index (χ0v) is 20.8. The van der Waals surface area contributed by atoms with Crippen LogP contribution >= 0.6 is 23.4 Å². The van der Waals surface area contributed by atoms with Crippen LogP contribution in [0.15, 0.2) is 41.3 Å². The fraction of sp³-hybridized carbons (Fsp3) is 0.375. The molecule has 1 aliphatic rings. The number of carboxylic acids is 2. The molecule has 0 spiro atoms. The number of rotatable bonds is 7. The van der Waals surface area contributed by atoms with Crippen LogP contribution in [0.4, 0.5) is 10.5 Å². The van der Waals surface area contributed by atoms with Crippen LogP contribution in [0.3, 0.4) is 0 Å². The Morgan fingerprint density at radius 3 is 2.21 bits per heavy atom. The Bertz CT molecular complexity index is 985. The number of halogens is 1. The highest BCUT2D eigenvalue weighted by atomic mass is 35.5. The molecule has 3 rings (SSSR count). The molecule has 0 fully saturated rings. The van der Waals surface area contributed by atoms with E-state index in [1.165, 1.54) is 22.9 Å². The first-order chi connectivity index (χ1) is 16.2. The van der Waals surface area contributed by atoms with Crippen LogP contribution < -0.4 is 10.6 Å². The summed E-state index contributed by atoms with van der Waals surface area (Å²) in [4.78, 5) is 33.6. The maximum Gasteiger partial charge on any atom is 0.303 e. The molecular formula is C24H30ClN3O5S. The van der Waals surface area contributed by atoms with Crippen molar-refractivity contribution in [2.75, 3.05) is 32.5 Å². The van der Waals surface area contributed by atoms with Gasteiger partial charge in [0.2, 0.25) is 0 Å². The maximum absolute atomic E-state index is 11.8. The molecule has 0 bridgehead atoms. The minimum atomic E-state index is -1.08. The van der Waals surface area contributed by atoms with Gasteiger partial charge in [0.25, 0.3) is 5.24 Å². The minimum Gasteiger partial charge on any atom is -0.481 e. The number of carbonyl (C=O) groups excluding carboxylic acids is 1. The summed E-state index contributed by atoms with van der Waals surface area (Å²) >= 11 is 7.70. The normalized spacial score (nSPS) is 12.4. The van der Waals surface area contributed by atoms with Gasteiger partial charge >= 0.3 is 11.9 Å². The van der Waals surface area contributed by atoms with Crippen molar-refractivity contribution in [3.8, 4) is 0 Å². The molecule has 2 aromatic rings. The van der Waals surface area contributed by atoms with E-state index in [0.717, 1.165) is 47.1 Å². The Morgan fingerprint density at radius 2 is 1.62 bits per heavy atom. The van der Waals surface area contributed by atoms with Gasteiger partial charge in [-0.15, -0.1) is 0 Å². The quantitative estimate of drug-likeness (QED) is 0.408. The van der Waals surface area contributed by atoms with Crippen molar-refractivity contribution in [1.29, 1.82) is 0 Å². The van der Waals surface area contributed by atoms with Gasteiger partial charge in [-0.1, -0.05) is 29.8 Å². The third kappa shape index (κ3) is 9.24. The summed E-state index contributed by atoms with van der Waals surface area (Å²) in [6.07, 6.45) is 1.43. The highest BCUT2D eigenvalue weighted by Gasteiger charge is 2.14. The Labute approximate surface area is 208 Å². The van der Waals surface area contributed by atoms with Gasteiger partial charge in [-0.2, -0.15) is 0 Å². The average Bonchev–Trinajstić information content (AvgIpc) is 3.04. The third-order valence-corrected chi connectivity index (χ3v) is 6.36. The van der Waals surface area contributed by atoms with E-state index in [1.54, 1.807) is 19.0 Å². The van der Waals surface area contributed by atoms with Crippen LogP contribution in [0.2, 0.25) is 5.02 Å². The van der Waals surface area contributed by atoms with Crippen molar-refractivity contribution in [2.24, 2.45) is 0 Å². The number of benzene rings is 2. The van der Waals surface area contributed by atoms with E-state index < -0.39 is 11.9 Å². The second-order valence-corrected chi connectivity index (χ2v) is 9.29. The van der Waals surface area contributed by atoms with Crippen molar-refractivity contribution in [3.05, 3.63) is 58.1 Å². The van der Waals surface area contributed by atoms with Crippen LogP contribution in [0, 0.1) is 0 Å². The van der Waals surface area contributed by atoms with Gasteiger partial charge in [0.05, 0.1) is 23.6 Å². The molecule has 34 heavy (non-hydrogen) atoms. The Balaban J connectivity index is 0.000000440. The predicted molar refractivity (Wildman–Crippen MR) is 135 cm³/mol. The number of amides is 1. The number of thioether (sulfide) groups is 1. The number of aliphatic carboxylic acids is 2. The maximum atomic E-state index is 11.8. The van der Waals surface area contributed by atoms with Crippen LogP contribution in [0.5, 0.6) is 0 Å². The zero-order valence-electron chi connectivity index (χ0n) is 19.3. The largest absolute Gasteiger partial charge is 0.481 e. The molecule has 0 radical (unpaired) electrons. The van der Waals surface area contributed by atoms with E-state index in [0.29, 0.717) is 6.54 Å². The molecule has 2 aromatic carbocycles. The molecule has 10 heteroatoms. The lowest BCUT2D eigenvalue weighted by Crippen LogP contribution is -2.16. The molecule has 0 atom stereocenters. The second kappa shape index (κ2) is 13.8. The summed E-state index contributed by atoms with van der Waals surface area (Å²) in [5, 5.41) is 23.6. The molecule has 0 saturated heterocycles. The first kappa shape index (κ1) is 27.5. The van der Waals surface area contributed by atoms with E-state index in [4.69, 9.17) is 21.8 Å². The van der Waals surface area contributed by atoms with Crippen molar-refractivity contribution in [2.45, 2.75) is 37.1 Å². The Morgan fingerprint density at radius 1 is 1.00 bits per heavy atom. The standard InChI is InChI=1S/C20H24ClN3OS.C4H6O4/c1-24(2)20(25)26-16-6-3-14(4-7-16)13-23-19-17-10-12-22-11-9-15(17)5-8-18(19)21;5-3(6)1-2-4(7)8/h3-8,22-23H,9-13H2,1-2H3;1-2H2,(H,5,6)(H,7,8). The van der Waals surface area contributed by atoms with Gasteiger partial charge in [-0.25, -0.2) is 0 Å². The topological polar surface area (TPSA) is 119 Å². The molecule has 8 nitrogen and oxygen atoms in total. The van der Waals surface area contributed by atoms with Crippen molar-refractivity contribution in [1.82, 2.24) is 10.2 Å². The van der Waals surface area contributed by atoms with Gasteiger partial charge in [0.1, 0.15) is 0 Å². The van der Waals surface area contributed by atoms with Gasteiger partial charge in [-0.3, -0.25) is 14.4 Å². The predicted octanol–water partition coefficient (Wildman–Crippen LogP) is 4.35. The molecule has 184 valence electrons. The van der Waals surface area contributed by atoms with Crippen LogP contribution in [0.1, 0.15) is 29.5 Å². The van der Waals surface area contributed by atoms with E-state index in [-0.39, 0.29) is 18.1 Å². The molecule has 1 heterocycles. The molecule has 4 N–H and O–H groups in total. The van der Waals surface area contributed by atoms with Crippen LogP contribution in [-0.2, 0) is 29.0 Å². The molecule has 0 aromatic heterocycles. The number of fused-ring (bicyclic) bond motifs is 1. The summed E-state index contributed by atoms with van der Waals surface area (Å²) in [5.74, 6) is -2.15. The van der Waals surface area contributed by atoms with Gasteiger partial charge in [0.15, 0.2) is 0 Å². The van der Waals surface area contributed by atoms with Crippen molar-refractivity contribution in [3.63, 3.8) is 0 Å². The molecule has 1 amide bonds. The number of nitrogens with one attached hydrogen (secondary N) is 2. The Kier molecular flexibility index (Phi) is 11.2. The second-order valence-electron chi connectivity index (χ2n) is 7.86. The molecular weight excluding hydrogens is 478 g/mol. The summed E-state index contributed by atoms with van der Waals surface area (Å²) in [7, 11) is 3.52. The fourth-order valence-electron chi connectivity index (χ4n) is 3.21. The third-order valence-electron chi connectivity index (χ3n) is 5.00. The Hall–Kier alpha value is -2.75. The molecule has 0 saturated carbocycles. The fourth-order valence-corrected chi connectivity index (χ4v) is 4.11. The summed E-state index contributed by atoms with van der Waals surface area (Å²) in [5.41, 5.74) is 4.91. The van der Waals surface area contributed by atoms with Crippen LogP contribution in [0.25, 0.3) is 0 Å². The van der Waals surface area contributed by atoms with E-state index in [1.807, 2.05) is 18.2 Å². The lowest BCUT2D eigenvalue weighted by atomic mass is 10.0. The lowest BCUT2D eigenvalue weighted by molar-refractivity contribution is -0.143. The van der Waals surface area contributed by atoms with E-state index >= 15 is 0 Å². The first-order valence-corrected chi connectivity index (χ1v) is 12.0. The number of anilines is 1.